The first-order chi connectivity index (χ1) is 16.6. The number of hydrogen-bond acceptors (Lipinski definition) is 8. The van der Waals surface area contributed by atoms with Gasteiger partial charge in [-0.2, -0.15) is 10.2 Å². The molecule has 0 aliphatic rings. The monoisotopic (exact) mass is 479 g/mol. The summed E-state index contributed by atoms with van der Waals surface area (Å²) in [4.78, 5) is 35.0. The summed E-state index contributed by atoms with van der Waals surface area (Å²) in [5.74, 6) is -0.697. The summed E-state index contributed by atoms with van der Waals surface area (Å²) in [6.07, 6.45) is 1.42. The van der Waals surface area contributed by atoms with Crippen LogP contribution in [0.25, 0.3) is 0 Å². The van der Waals surface area contributed by atoms with Crippen molar-refractivity contribution in [2.75, 3.05) is 6.61 Å². The van der Waals surface area contributed by atoms with Gasteiger partial charge in [-0.3, -0.25) is 20.0 Å². The van der Waals surface area contributed by atoms with Gasteiger partial charge in [-0.15, -0.1) is 0 Å². The minimum absolute atomic E-state index is 0.130. The number of nitro groups is 1. The zero-order chi connectivity index (χ0) is 25.6. The summed E-state index contributed by atoms with van der Waals surface area (Å²) in [6.45, 7) is 8.10. The Balaban J connectivity index is 1.68. The Morgan fingerprint density at radius 3 is 2.46 bits per heavy atom. The van der Waals surface area contributed by atoms with Crippen LogP contribution in [0.15, 0.2) is 53.6 Å². The number of esters is 1. The molecule has 0 aliphatic carbocycles. The first-order valence-electron chi connectivity index (χ1n) is 10.7. The quantitative estimate of drug-likeness (QED) is 0.163. The number of ether oxygens (including phenoxy) is 2. The molecule has 0 aliphatic heterocycles. The van der Waals surface area contributed by atoms with Crippen LogP contribution >= 0.6 is 0 Å². The molecule has 0 radical (unpaired) electrons. The van der Waals surface area contributed by atoms with Gasteiger partial charge < -0.3 is 9.47 Å². The Bertz CT molecular complexity index is 1260. The average molecular weight is 479 g/mol. The van der Waals surface area contributed by atoms with E-state index in [1.807, 2.05) is 20.8 Å². The van der Waals surface area contributed by atoms with Crippen molar-refractivity contribution in [3.8, 4) is 11.5 Å². The summed E-state index contributed by atoms with van der Waals surface area (Å²) >= 11 is 0. The molecule has 0 saturated carbocycles. The summed E-state index contributed by atoms with van der Waals surface area (Å²) in [7, 11) is 0. The van der Waals surface area contributed by atoms with E-state index in [4.69, 9.17) is 9.47 Å². The van der Waals surface area contributed by atoms with Crippen molar-refractivity contribution in [1.82, 2.24) is 15.6 Å². The molecule has 0 spiro atoms. The second-order valence-corrected chi connectivity index (χ2v) is 8.45. The molecule has 2 N–H and O–H groups in total. The lowest BCUT2D eigenvalue weighted by molar-refractivity contribution is -0.384. The van der Waals surface area contributed by atoms with Crippen molar-refractivity contribution >= 4 is 23.8 Å². The summed E-state index contributed by atoms with van der Waals surface area (Å²) in [6, 6.07) is 11.5. The van der Waals surface area contributed by atoms with Gasteiger partial charge in [0.25, 0.3) is 11.6 Å². The molecule has 2 aromatic carbocycles. The zero-order valence-electron chi connectivity index (χ0n) is 19.7. The number of H-pyrrole nitrogens is 1. The molecule has 11 heteroatoms. The molecule has 0 unspecified atom stereocenters. The van der Waals surface area contributed by atoms with Gasteiger partial charge in [-0.05, 0) is 48.9 Å². The van der Waals surface area contributed by atoms with Gasteiger partial charge in [0.2, 0.25) is 0 Å². The molecule has 0 fully saturated rings. The molecule has 0 bridgehead atoms. The van der Waals surface area contributed by atoms with Crippen LogP contribution in [0.4, 0.5) is 5.69 Å². The van der Waals surface area contributed by atoms with Gasteiger partial charge in [-0.25, -0.2) is 10.2 Å². The molecule has 0 saturated heterocycles. The standard InChI is InChI=1S/C24H25N5O6/c1-5-34-20-12-15(14-25-28-22(30)18-13-21(27-26-18)24(2,3)4)6-11-19(20)35-23(31)16-7-9-17(10-8-16)29(32)33/h6-14H,5H2,1-4H3,(H,26,27)(H,28,30)/b25-14-. The number of carbonyl (C=O) groups is 2. The molecule has 3 rings (SSSR count). The Kier molecular flexibility index (Phi) is 7.59. The fourth-order valence-electron chi connectivity index (χ4n) is 2.88. The number of aromatic amines is 1. The lowest BCUT2D eigenvalue weighted by Gasteiger charge is -2.14. The summed E-state index contributed by atoms with van der Waals surface area (Å²) in [5, 5.41) is 21.6. The van der Waals surface area contributed by atoms with Gasteiger partial charge in [0.05, 0.1) is 23.3 Å². The maximum Gasteiger partial charge on any atom is 0.343 e. The summed E-state index contributed by atoms with van der Waals surface area (Å²) < 4.78 is 11.0. The van der Waals surface area contributed by atoms with E-state index in [1.54, 1.807) is 25.1 Å². The topological polar surface area (TPSA) is 149 Å². The smallest absolute Gasteiger partial charge is 0.343 e. The van der Waals surface area contributed by atoms with Gasteiger partial charge in [-0.1, -0.05) is 20.8 Å². The number of non-ortho nitro benzene ring substituents is 1. The van der Waals surface area contributed by atoms with E-state index in [-0.39, 0.29) is 28.1 Å². The third-order valence-electron chi connectivity index (χ3n) is 4.78. The van der Waals surface area contributed by atoms with Crippen LogP contribution in [0, 0.1) is 10.1 Å². The van der Waals surface area contributed by atoms with Crippen LogP contribution in [0.3, 0.4) is 0 Å². The molecular weight excluding hydrogens is 454 g/mol. The van der Waals surface area contributed by atoms with E-state index in [0.717, 1.165) is 5.69 Å². The van der Waals surface area contributed by atoms with Crippen LogP contribution in [0.2, 0.25) is 0 Å². The average Bonchev–Trinajstić information content (AvgIpc) is 3.32. The first kappa shape index (κ1) is 25.1. The minimum Gasteiger partial charge on any atom is -0.490 e. The fourth-order valence-corrected chi connectivity index (χ4v) is 2.88. The van der Waals surface area contributed by atoms with Gasteiger partial charge in [0.15, 0.2) is 17.2 Å². The molecule has 0 atom stereocenters. The van der Waals surface area contributed by atoms with Crippen molar-refractivity contribution in [2.24, 2.45) is 5.10 Å². The van der Waals surface area contributed by atoms with E-state index in [9.17, 15) is 19.7 Å². The Labute approximate surface area is 201 Å². The second kappa shape index (κ2) is 10.6. The van der Waals surface area contributed by atoms with Crippen molar-refractivity contribution in [2.45, 2.75) is 33.1 Å². The third-order valence-corrected chi connectivity index (χ3v) is 4.78. The number of nitrogens with zero attached hydrogens (tertiary/aromatic N) is 3. The van der Waals surface area contributed by atoms with Crippen LogP contribution in [-0.4, -0.2) is 39.8 Å². The van der Waals surface area contributed by atoms with Crippen molar-refractivity contribution in [1.29, 1.82) is 0 Å². The molecule has 182 valence electrons. The third kappa shape index (κ3) is 6.50. The molecule has 1 heterocycles. The first-order valence-corrected chi connectivity index (χ1v) is 10.7. The fraction of sp³-hybridized carbons (Fsp3) is 0.250. The molecule has 1 amide bonds. The van der Waals surface area contributed by atoms with E-state index in [2.05, 4.69) is 20.7 Å². The second-order valence-electron chi connectivity index (χ2n) is 8.45. The largest absolute Gasteiger partial charge is 0.490 e. The van der Waals surface area contributed by atoms with Crippen LogP contribution in [-0.2, 0) is 5.41 Å². The highest BCUT2D eigenvalue weighted by molar-refractivity contribution is 5.93. The Hall–Kier alpha value is -4.54. The lowest BCUT2D eigenvalue weighted by Crippen LogP contribution is -2.18. The molecule has 1 aromatic heterocycles. The minimum atomic E-state index is -0.692. The maximum atomic E-state index is 12.5. The van der Waals surface area contributed by atoms with E-state index >= 15 is 0 Å². The van der Waals surface area contributed by atoms with Crippen LogP contribution in [0.5, 0.6) is 11.5 Å². The number of benzene rings is 2. The zero-order valence-corrected chi connectivity index (χ0v) is 19.7. The highest BCUT2D eigenvalue weighted by Gasteiger charge is 2.19. The van der Waals surface area contributed by atoms with Crippen LogP contribution < -0.4 is 14.9 Å². The van der Waals surface area contributed by atoms with Crippen molar-refractivity contribution < 1.29 is 24.0 Å². The van der Waals surface area contributed by atoms with Gasteiger partial charge >= 0.3 is 5.97 Å². The van der Waals surface area contributed by atoms with Crippen molar-refractivity contribution in [3.63, 3.8) is 0 Å². The van der Waals surface area contributed by atoms with E-state index < -0.39 is 16.8 Å². The van der Waals surface area contributed by atoms with E-state index in [1.165, 1.54) is 36.5 Å². The maximum absolute atomic E-state index is 12.5. The number of nitro benzene ring substituents is 1. The van der Waals surface area contributed by atoms with Gasteiger partial charge in [0.1, 0.15) is 0 Å². The predicted molar refractivity (Wildman–Crippen MR) is 128 cm³/mol. The SMILES string of the molecule is CCOc1cc(/C=N\NC(=O)c2cc(C(C)(C)C)[nH]n2)ccc1OC(=O)c1ccc([N+](=O)[O-])cc1. The molecule has 3 aromatic rings. The Morgan fingerprint density at radius 1 is 1.14 bits per heavy atom. The molecular formula is C24H25N5O6. The number of hydrazone groups is 1. The number of hydrogen-bond donors (Lipinski definition) is 2. The number of amides is 1. The van der Waals surface area contributed by atoms with Crippen LogP contribution in [0.1, 0.15) is 59.8 Å². The summed E-state index contributed by atoms with van der Waals surface area (Å²) in [5.41, 5.74) is 3.90. The normalized spacial score (nSPS) is 11.3. The number of aromatic nitrogens is 2. The lowest BCUT2D eigenvalue weighted by atomic mass is 9.92. The Morgan fingerprint density at radius 2 is 1.86 bits per heavy atom. The van der Waals surface area contributed by atoms with E-state index in [0.29, 0.717) is 17.9 Å². The number of rotatable bonds is 8. The highest BCUT2D eigenvalue weighted by Crippen LogP contribution is 2.29. The molecule has 11 nitrogen and oxygen atoms in total. The highest BCUT2D eigenvalue weighted by atomic mass is 16.6. The van der Waals surface area contributed by atoms with Gasteiger partial charge in [0, 0.05) is 23.2 Å². The number of nitrogens with one attached hydrogen (secondary N) is 2. The molecule has 35 heavy (non-hydrogen) atoms. The number of carbonyl (C=O) groups excluding carboxylic acids is 2. The predicted octanol–water partition coefficient (Wildman–Crippen LogP) is 4.00. The van der Waals surface area contributed by atoms with Crippen molar-refractivity contribution in [3.05, 3.63) is 81.2 Å².